The van der Waals surface area contributed by atoms with Crippen LogP contribution in [0.15, 0.2) is 18.2 Å². The van der Waals surface area contributed by atoms with Crippen molar-refractivity contribution in [1.82, 2.24) is 5.32 Å². The maximum atomic E-state index is 13.2. The van der Waals surface area contributed by atoms with Gasteiger partial charge in [0.05, 0.1) is 7.11 Å². The first-order valence-electron chi connectivity index (χ1n) is 6.08. The number of rotatable bonds is 3. The quantitative estimate of drug-likeness (QED) is 0.854. The molecule has 7 heteroatoms. The van der Waals surface area contributed by atoms with Crippen molar-refractivity contribution in [1.29, 1.82) is 0 Å². The van der Waals surface area contributed by atoms with Crippen LogP contribution in [0.25, 0.3) is 10.1 Å². The third kappa shape index (κ3) is 2.82. The highest BCUT2D eigenvalue weighted by atomic mass is 32.1. The molecule has 0 unspecified atom stereocenters. The number of ether oxygens (including phenoxy) is 1. The number of amides is 1. The molecular weight excluding hydrogens is 297 g/mol. The average Bonchev–Trinajstić information content (AvgIpc) is 2.74. The number of esters is 1. The Hall–Kier alpha value is -2.15. The summed E-state index contributed by atoms with van der Waals surface area (Å²) >= 11 is 1.02. The topological polar surface area (TPSA) is 75.6 Å². The fourth-order valence-electron chi connectivity index (χ4n) is 1.86. The number of hydrogen-bond acceptors (Lipinski definition) is 5. The molecule has 0 fully saturated rings. The van der Waals surface area contributed by atoms with Crippen LogP contribution in [0.1, 0.15) is 23.5 Å². The normalized spacial score (nSPS) is 11.4. The van der Waals surface area contributed by atoms with Crippen LogP contribution in [0.2, 0.25) is 0 Å². The van der Waals surface area contributed by atoms with Gasteiger partial charge in [0.15, 0.2) is 0 Å². The minimum absolute atomic E-state index is 0.0209. The number of carbonyl (C=O) groups is 2. The van der Waals surface area contributed by atoms with Crippen molar-refractivity contribution in [2.45, 2.75) is 19.4 Å². The van der Waals surface area contributed by atoms with Gasteiger partial charge >= 0.3 is 5.97 Å². The molecule has 0 aliphatic heterocycles. The van der Waals surface area contributed by atoms with Crippen molar-refractivity contribution in [3.05, 3.63) is 28.9 Å². The monoisotopic (exact) mass is 311 g/mol. The van der Waals surface area contributed by atoms with E-state index in [1.165, 1.54) is 33.1 Å². The van der Waals surface area contributed by atoms with Crippen LogP contribution in [-0.2, 0) is 9.53 Å². The van der Waals surface area contributed by atoms with E-state index in [1.807, 2.05) is 0 Å². The molecule has 112 valence electrons. The van der Waals surface area contributed by atoms with Gasteiger partial charge in [0.1, 0.15) is 22.0 Å². The molecule has 1 aromatic carbocycles. The van der Waals surface area contributed by atoms with Crippen LogP contribution in [0, 0.1) is 5.82 Å². The fourth-order valence-corrected chi connectivity index (χ4v) is 2.83. The molecule has 0 spiro atoms. The molecule has 0 bridgehead atoms. The maximum Gasteiger partial charge on any atom is 0.330 e. The van der Waals surface area contributed by atoms with E-state index in [0.29, 0.717) is 4.70 Å². The van der Waals surface area contributed by atoms with Gasteiger partial charge in [0, 0.05) is 10.1 Å². The standard InChI is InChI=1S/C14H14FNO4S/c1-14(2,13(19)20-3)16-12(18)11-10(17)8-6-7(15)4-5-9(8)21-11/h4-6,17H,1-3H3,(H,16,18). The van der Waals surface area contributed by atoms with Crippen LogP contribution >= 0.6 is 11.3 Å². The van der Waals surface area contributed by atoms with Gasteiger partial charge in [-0.3, -0.25) is 4.79 Å². The van der Waals surface area contributed by atoms with Crippen LogP contribution < -0.4 is 5.32 Å². The van der Waals surface area contributed by atoms with Crippen LogP contribution in [0.3, 0.4) is 0 Å². The van der Waals surface area contributed by atoms with Gasteiger partial charge in [-0.05, 0) is 32.0 Å². The summed E-state index contributed by atoms with van der Waals surface area (Å²) in [7, 11) is 1.22. The highest BCUT2D eigenvalue weighted by Crippen LogP contribution is 2.37. The number of halogens is 1. The van der Waals surface area contributed by atoms with Gasteiger partial charge in [-0.1, -0.05) is 0 Å². The first-order valence-corrected chi connectivity index (χ1v) is 6.90. The highest BCUT2D eigenvalue weighted by Gasteiger charge is 2.32. The Morgan fingerprint density at radius 2 is 2.05 bits per heavy atom. The predicted octanol–water partition coefficient (Wildman–Crippen LogP) is 2.43. The first kappa shape index (κ1) is 15.2. The summed E-state index contributed by atoms with van der Waals surface area (Å²) in [5.41, 5.74) is -1.24. The van der Waals surface area contributed by atoms with E-state index in [1.54, 1.807) is 0 Å². The molecule has 5 nitrogen and oxygen atoms in total. The molecule has 2 rings (SSSR count). The van der Waals surface area contributed by atoms with Gasteiger partial charge in [-0.15, -0.1) is 11.3 Å². The van der Waals surface area contributed by atoms with E-state index in [0.717, 1.165) is 17.4 Å². The van der Waals surface area contributed by atoms with Crippen LogP contribution in [0.4, 0.5) is 4.39 Å². The summed E-state index contributed by atoms with van der Waals surface area (Å²) in [4.78, 5) is 23.8. The summed E-state index contributed by atoms with van der Waals surface area (Å²) in [5, 5.41) is 12.8. The number of hydrogen-bond donors (Lipinski definition) is 2. The number of aromatic hydroxyl groups is 1. The van der Waals surface area contributed by atoms with E-state index in [2.05, 4.69) is 10.1 Å². The van der Waals surface area contributed by atoms with Gasteiger partial charge in [0.25, 0.3) is 5.91 Å². The molecule has 2 N–H and O–H groups in total. The zero-order chi connectivity index (χ0) is 15.8. The summed E-state index contributed by atoms with van der Waals surface area (Å²) in [6, 6.07) is 3.89. The number of thiophene rings is 1. The van der Waals surface area contributed by atoms with Crippen molar-refractivity contribution in [2.75, 3.05) is 7.11 Å². The van der Waals surface area contributed by atoms with E-state index in [-0.39, 0.29) is 16.0 Å². The second-order valence-corrected chi connectivity index (χ2v) is 6.04. The van der Waals surface area contributed by atoms with Crippen molar-refractivity contribution in [3.63, 3.8) is 0 Å². The Morgan fingerprint density at radius 1 is 1.38 bits per heavy atom. The summed E-state index contributed by atoms with van der Waals surface area (Å²) in [5.74, 6) is -2.03. The number of fused-ring (bicyclic) bond motifs is 1. The Labute approximate surface area is 124 Å². The third-order valence-electron chi connectivity index (χ3n) is 2.95. The number of nitrogens with one attached hydrogen (secondary N) is 1. The van der Waals surface area contributed by atoms with E-state index >= 15 is 0 Å². The lowest BCUT2D eigenvalue weighted by Crippen LogP contribution is -2.50. The summed E-state index contributed by atoms with van der Waals surface area (Å²) < 4.78 is 18.4. The van der Waals surface area contributed by atoms with Gasteiger partial charge < -0.3 is 15.2 Å². The minimum atomic E-state index is -1.24. The number of carbonyl (C=O) groups excluding carboxylic acids is 2. The highest BCUT2D eigenvalue weighted by molar-refractivity contribution is 7.21. The van der Waals surface area contributed by atoms with E-state index < -0.39 is 23.2 Å². The lowest BCUT2D eigenvalue weighted by molar-refractivity contribution is -0.146. The van der Waals surface area contributed by atoms with Crippen molar-refractivity contribution < 1.29 is 23.8 Å². The van der Waals surface area contributed by atoms with E-state index in [4.69, 9.17) is 0 Å². The first-order chi connectivity index (χ1) is 9.76. The maximum absolute atomic E-state index is 13.2. The molecular formula is C14H14FNO4S. The van der Waals surface area contributed by atoms with E-state index in [9.17, 15) is 19.1 Å². The number of methoxy groups -OCH3 is 1. The third-order valence-corrected chi connectivity index (χ3v) is 4.11. The predicted molar refractivity (Wildman–Crippen MR) is 77.0 cm³/mol. The van der Waals surface area contributed by atoms with Gasteiger partial charge in [0.2, 0.25) is 0 Å². The lowest BCUT2D eigenvalue weighted by Gasteiger charge is -2.22. The summed E-state index contributed by atoms with van der Waals surface area (Å²) in [6.45, 7) is 2.97. The summed E-state index contributed by atoms with van der Waals surface area (Å²) in [6.07, 6.45) is 0. The van der Waals surface area contributed by atoms with Crippen molar-refractivity contribution in [3.8, 4) is 5.75 Å². The molecule has 21 heavy (non-hydrogen) atoms. The second-order valence-electron chi connectivity index (χ2n) is 4.99. The molecule has 0 aliphatic rings. The average molecular weight is 311 g/mol. The molecule has 0 saturated carbocycles. The van der Waals surface area contributed by atoms with Crippen LogP contribution in [0.5, 0.6) is 5.75 Å². The largest absolute Gasteiger partial charge is 0.506 e. The zero-order valence-corrected chi connectivity index (χ0v) is 12.5. The Morgan fingerprint density at radius 3 is 2.67 bits per heavy atom. The zero-order valence-electron chi connectivity index (χ0n) is 11.7. The molecule has 0 atom stereocenters. The number of benzene rings is 1. The lowest BCUT2D eigenvalue weighted by atomic mass is 10.1. The molecule has 1 heterocycles. The smallest absolute Gasteiger partial charge is 0.330 e. The SMILES string of the molecule is COC(=O)C(C)(C)NC(=O)c1sc2ccc(F)cc2c1O. The fraction of sp³-hybridized carbons (Fsp3) is 0.286. The second kappa shape index (κ2) is 5.33. The Balaban J connectivity index is 2.36. The van der Waals surface area contributed by atoms with Crippen LogP contribution in [-0.4, -0.2) is 29.6 Å². The van der Waals surface area contributed by atoms with Gasteiger partial charge in [-0.2, -0.15) is 0 Å². The Kier molecular flexibility index (Phi) is 3.87. The molecule has 0 saturated heterocycles. The Bertz CT molecular complexity index is 723. The molecule has 0 aliphatic carbocycles. The minimum Gasteiger partial charge on any atom is -0.506 e. The van der Waals surface area contributed by atoms with Crippen molar-refractivity contribution in [2.24, 2.45) is 0 Å². The molecule has 1 aromatic heterocycles. The molecule has 0 radical (unpaired) electrons. The molecule has 1 amide bonds. The molecule has 2 aromatic rings. The van der Waals surface area contributed by atoms with Crippen molar-refractivity contribution >= 4 is 33.3 Å². The van der Waals surface area contributed by atoms with Gasteiger partial charge in [-0.25, -0.2) is 9.18 Å².